The molecule has 1 unspecified atom stereocenters. The van der Waals surface area contributed by atoms with Crippen molar-refractivity contribution in [3.8, 4) is 5.75 Å². The number of carboxylic acid groups (broad SMARTS) is 1. The topological polar surface area (TPSA) is 95.9 Å². The molecule has 3 N–H and O–H groups in total. The van der Waals surface area contributed by atoms with Gasteiger partial charge in [-0.3, -0.25) is 9.59 Å². The Morgan fingerprint density at radius 2 is 1.46 bits per heavy atom. The van der Waals surface area contributed by atoms with Gasteiger partial charge in [0.05, 0.1) is 0 Å². The van der Waals surface area contributed by atoms with Crippen LogP contribution in [0.5, 0.6) is 5.75 Å². The fraction of sp³-hybridized carbons (Fsp3) is 0.517. The molecule has 0 aliphatic rings. The van der Waals surface area contributed by atoms with Crippen molar-refractivity contribution in [2.75, 3.05) is 13.2 Å². The Labute approximate surface area is 209 Å². The van der Waals surface area contributed by atoms with Crippen LogP contribution >= 0.6 is 0 Å². The van der Waals surface area contributed by atoms with E-state index < -0.39 is 24.0 Å². The summed E-state index contributed by atoms with van der Waals surface area (Å²) in [5, 5.41) is 22.0. The Kier molecular flexibility index (Phi) is 8.77. The van der Waals surface area contributed by atoms with Crippen molar-refractivity contribution in [3.63, 3.8) is 0 Å². The minimum atomic E-state index is -1.08. The second-order valence-electron chi connectivity index (χ2n) is 10.7. The zero-order valence-electron chi connectivity index (χ0n) is 22.4. The van der Waals surface area contributed by atoms with E-state index in [2.05, 4.69) is 31.3 Å². The first-order valence-corrected chi connectivity index (χ1v) is 12.3. The Hall–Kier alpha value is -2.86. The van der Waals surface area contributed by atoms with Crippen molar-refractivity contribution in [2.24, 2.45) is 5.41 Å². The highest BCUT2D eigenvalue weighted by Crippen LogP contribution is 2.41. The molecule has 0 radical (unpaired) electrons. The maximum atomic E-state index is 12.4. The summed E-state index contributed by atoms with van der Waals surface area (Å²) in [6.45, 7) is 15.8. The summed E-state index contributed by atoms with van der Waals surface area (Å²) in [7, 11) is 0. The van der Waals surface area contributed by atoms with Gasteiger partial charge in [-0.1, -0.05) is 58.9 Å². The van der Waals surface area contributed by atoms with Gasteiger partial charge < -0.3 is 20.3 Å². The maximum Gasteiger partial charge on any atom is 0.322 e. The van der Waals surface area contributed by atoms with E-state index >= 15 is 0 Å². The smallest absolute Gasteiger partial charge is 0.322 e. The second-order valence-corrected chi connectivity index (χ2v) is 10.7. The zero-order valence-corrected chi connectivity index (χ0v) is 22.4. The van der Waals surface area contributed by atoms with Gasteiger partial charge in [0.1, 0.15) is 24.5 Å². The SMILES string of the molecule is CCC(CC)(c1ccc(OCC(C)(O)C(C)(C)C)c(C)c1)c1ccc(C(=O)NCC(=O)O)c(C)c1. The van der Waals surface area contributed by atoms with Crippen LogP contribution in [0, 0.1) is 19.3 Å². The third kappa shape index (κ3) is 6.23. The van der Waals surface area contributed by atoms with Crippen molar-refractivity contribution < 1.29 is 24.5 Å². The van der Waals surface area contributed by atoms with E-state index in [-0.39, 0.29) is 17.4 Å². The van der Waals surface area contributed by atoms with Crippen LogP contribution in [-0.4, -0.2) is 40.8 Å². The molecule has 0 fully saturated rings. The molecule has 2 aromatic carbocycles. The van der Waals surface area contributed by atoms with Gasteiger partial charge in [0.2, 0.25) is 0 Å². The molecule has 6 heteroatoms. The summed E-state index contributed by atoms with van der Waals surface area (Å²) >= 11 is 0. The van der Waals surface area contributed by atoms with Crippen molar-refractivity contribution >= 4 is 11.9 Å². The van der Waals surface area contributed by atoms with Crippen LogP contribution in [0.4, 0.5) is 0 Å². The highest BCUT2D eigenvalue weighted by Gasteiger charge is 2.36. The third-order valence-corrected chi connectivity index (χ3v) is 7.48. The van der Waals surface area contributed by atoms with Gasteiger partial charge >= 0.3 is 5.97 Å². The molecule has 0 spiro atoms. The number of hydrogen-bond donors (Lipinski definition) is 3. The molecule has 2 rings (SSSR count). The molecule has 1 amide bonds. The van der Waals surface area contributed by atoms with E-state index in [1.807, 2.05) is 52.8 Å². The van der Waals surface area contributed by atoms with Crippen LogP contribution in [0.25, 0.3) is 0 Å². The van der Waals surface area contributed by atoms with Crippen LogP contribution in [-0.2, 0) is 10.2 Å². The van der Waals surface area contributed by atoms with Gasteiger partial charge in [-0.15, -0.1) is 0 Å². The van der Waals surface area contributed by atoms with Crippen molar-refractivity contribution in [1.82, 2.24) is 5.32 Å². The van der Waals surface area contributed by atoms with Crippen LogP contribution in [0.15, 0.2) is 36.4 Å². The highest BCUT2D eigenvalue weighted by atomic mass is 16.5. The minimum Gasteiger partial charge on any atom is -0.490 e. The number of hydrogen-bond acceptors (Lipinski definition) is 4. The predicted octanol–water partition coefficient (Wildman–Crippen LogP) is 5.40. The quantitative estimate of drug-likeness (QED) is 0.420. The fourth-order valence-corrected chi connectivity index (χ4v) is 4.24. The lowest BCUT2D eigenvalue weighted by atomic mass is 9.70. The molecule has 0 aliphatic carbocycles. The normalized spacial score (nSPS) is 13.7. The average molecular weight is 484 g/mol. The van der Waals surface area contributed by atoms with E-state index in [9.17, 15) is 14.7 Å². The Bertz CT molecular complexity index is 1060. The number of aliphatic hydroxyl groups is 1. The number of benzene rings is 2. The molecule has 0 aromatic heterocycles. The molecule has 0 saturated carbocycles. The molecule has 0 saturated heterocycles. The Morgan fingerprint density at radius 1 is 0.914 bits per heavy atom. The third-order valence-electron chi connectivity index (χ3n) is 7.48. The second kappa shape index (κ2) is 10.8. The molecule has 35 heavy (non-hydrogen) atoms. The standard InChI is InChI=1S/C29H41NO5/c1-9-29(10-2,21-11-13-23(19(3)15-21)26(33)30-17-25(31)32)22-12-14-24(20(4)16-22)35-18-28(8,34)27(5,6)7/h11-16,34H,9-10,17-18H2,1-8H3,(H,30,33)(H,31,32). The molecular formula is C29H41NO5. The van der Waals surface area contributed by atoms with Gasteiger partial charge in [0.15, 0.2) is 0 Å². The molecule has 0 bridgehead atoms. The highest BCUT2D eigenvalue weighted by molar-refractivity contribution is 5.97. The molecule has 0 aliphatic heterocycles. The predicted molar refractivity (Wildman–Crippen MR) is 139 cm³/mol. The van der Waals surface area contributed by atoms with Crippen LogP contribution in [0.2, 0.25) is 0 Å². The largest absolute Gasteiger partial charge is 0.490 e. The zero-order chi connectivity index (χ0) is 26.6. The van der Waals surface area contributed by atoms with E-state index in [0.29, 0.717) is 5.56 Å². The number of aryl methyl sites for hydroxylation is 2. The van der Waals surface area contributed by atoms with Crippen LogP contribution in [0.1, 0.15) is 87.0 Å². The lowest BCUT2D eigenvalue weighted by Gasteiger charge is -2.37. The lowest BCUT2D eigenvalue weighted by molar-refractivity contribution is -0.135. The van der Waals surface area contributed by atoms with E-state index in [1.165, 1.54) is 0 Å². The summed E-state index contributed by atoms with van der Waals surface area (Å²) in [6.07, 6.45) is 1.73. The molecule has 6 nitrogen and oxygen atoms in total. The maximum absolute atomic E-state index is 12.4. The average Bonchev–Trinajstić information content (AvgIpc) is 2.77. The first-order chi connectivity index (χ1) is 16.2. The first kappa shape index (κ1) is 28.4. The van der Waals surface area contributed by atoms with Gasteiger partial charge in [0.25, 0.3) is 5.91 Å². The van der Waals surface area contributed by atoms with E-state index in [1.54, 1.807) is 13.0 Å². The number of aliphatic carboxylic acids is 1. The number of carboxylic acids is 1. The van der Waals surface area contributed by atoms with Gasteiger partial charge in [-0.25, -0.2) is 0 Å². The molecule has 2 aromatic rings. The number of nitrogens with one attached hydrogen (secondary N) is 1. The van der Waals surface area contributed by atoms with Gasteiger partial charge in [-0.2, -0.15) is 0 Å². The van der Waals surface area contributed by atoms with Crippen LogP contribution in [0.3, 0.4) is 0 Å². The van der Waals surface area contributed by atoms with Crippen molar-refractivity contribution in [2.45, 2.75) is 79.2 Å². The van der Waals surface area contributed by atoms with E-state index in [0.717, 1.165) is 40.8 Å². The molecule has 0 heterocycles. The molecule has 1 atom stereocenters. The summed E-state index contributed by atoms with van der Waals surface area (Å²) in [4.78, 5) is 23.2. The van der Waals surface area contributed by atoms with Gasteiger partial charge in [0, 0.05) is 11.0 Å². The minimum absolute atomic E-state index is 0.202. The van der Waals surface area contributed by atoms with E-state index in [4.69, 9.17) is 9.84 Å². The monoisotopic (exact) mass is 483 g/mol. The number of amides is 1. The Morgan fingerprint density at radius 3 is 1.91 bits per heavy atom. The van der Waals surface area contributed by atoms with Gasteiger partial charge in [-0.05, 0) is 73.4 Å². The number of ether oxygens (including phenoxy) is 1. The molecular weight excluding hydrogens is 442 g/mol. The number of carbonyl (C=O) groups is 2. The summed E-state index contributed by atoms with van der Waals surface area (Å²) in [6, 6.07) is 12.0. The first-order valence-electron chi connectivity index (χ1n) is 12.3. The summed E-state index contributed by atoms with van der Waals surface area (Å²) < 4.78 is 6.03. The fourth-order valence-electron chi connectivity index (χ4n) is 4.24. The summed E-state index contributed by atoms with van der Waals surface area (Å²) in [5.41, 5.74) is 3.02. The lowest BCUT2D eigenvalue weighted by Crippen LogP contribution is -2.45. The Balaban J connectivity index is 2.37. The van der Waals surface area contributed by atoms with Crippen molar-refractivity contribution in [1.29, 1.82) is 0 Å². The van der Waals surface area contributed by atoms with Crippen LogP contribution < -0.4 is 10.1 Å². The molecule has 192 valence electrons. The number of rotatable bonds is 10. The number of carbonyl (C=O) groups excluding carboxylic acids is 1. The van der Waals surface area contributed by atoms with Crippen molar-refractivity contribution in [3.05, 3.63) is 64.2 Å². The summed E-state index contributed by atoms with van der Waals surface area (Å²) in [5.74, 6) is -0.715.